The molecule has 2 N–H and O–H groups in total. The number of hydrogen-bond donors (Lipinski definition) is 2. The van der Waals surface area contributed by atoms with Crippen LogP contribution in [0.25, 0.3) is 0 Å². The molecule has 0 aliphatic carbocycles. The van der Waals surface area contributed by atoms with Crippen molar-refractivity contribution in [2.24, 2.45) is 16.3 Å². The fourth-order valence-electron chi connectivity index (χ4n) is 4.93. The Kier molecular flexibility index (Phi) is 11.9. The number of nitrogens with zero attached hydrogens (tertiary/aromatic N) is 3. The van der Waals surface area contributed by atoms with E-state index in [2.05, 4.69) is 77.4 Å². The van der Waals surface area contributed by atoms with E-state index in [1.165, 1.54) is 50.3 Å². The number of benzene rings is 1. The van der Waals surface area contributed by atoms with Crippen molar-refractivity contribution in [2.75, 3.05) is 52.9 Å². The van der Waals surface area contributed by atoms with Crippen LogP contribution in [0.4, 0.5) is 0 Å². The molecule has 7 heteroatoms. The second-order valence-corrected chi connectivity index (χ2v) is 10.4. The third-order valence-corrected chi connectivity index (χ3v) is 6.85. The number of nitrogens with one attached hydrogen (secondary N) is 2. The van der Waals surface area contributed by atoms with Crippen molar-refractivity contribution in [2.45, 2.75) is 59.7 Å². The molecule has 0 radical (unpaired) electrons. The quantitative estimate of drug-likeness (QED) is 0.295. The van der Waals surface area contributed by atoms with Crippen LogP contribution in [-0.2, 0) is 17.8 Å². The molecule has 1 aromatic rings. The molecule has 2 aliphatic rings. The standard InChI is InChI=1S/C26H45N5O.HI/c1-6-30-13-15-31(16-14-30)20-22-11-9-21(10-12-22)18-28-25(27-5)29-19-23-8-7-17-32-24(23)26(2,3)4;/h9-12,23-24H,6-8,13-20H2,1-5H3,(H2,27,28,29);1H. The maximum Gasteiger partial charge on any atom is 0.191 e. The van der Waals surface area contributed by atoms with E-state index in [1.54, 1.807) is 0 Å². The van der Waals surface area contributed by atoms with Crippen molar-refractivity contribution < 1.29 is 4.74 Å². The van der Waals surface area contributed by atoms with Crippen LogP contribution >= 0.6 is 24.0 Å². The van der Waals surface area contributed by atoms with Crippen molar-refractivity contribution in [1.82, 2.24) is 20.4 Å². The monoisotopic (exact) mass is 571 g/mol. The molecule has 0 bridgehead atoms. The minimum atomic E-state index is 0. The summed E-state index contributed by atoms with van der Waals surface area (Å²) in [5, 5.41) is 7.01. The molecule has 0 amide bonds. The minimum Gasteiger partial charge on any atom is -0.377 e. The summed E-state index contributed by atoms with van der Waals surface area (Å²) >= 11 is 0. The maximum atomic E-state index is 6.12. The molecule has 2 aliphatic heterocycles. The summed E-state index contributed by atoms with van der Waals surface area (Å²) in [6.45, 7) is 18.6. The second kappa shape index (κ2) is 13.9. The maximum absolute atomic E-state index is 6.12. The Balaban J connectivity index is 0.00000385. The largest absolute Gasteiger partial charge is 0.377 e. The Morgan fingerprint density at radius 1 is 1.03 bits per heavy atom. The molecule has 188 valence electrons. The number of piperazine rings is 1. The van der Waals surface area contributed by atoms with Gasteiger partial charge in [-0.1, -0.05) is 52.0 Å². The summed E-state index contributed by atoms with van der Waals surface area (Å²) in [7, 11) is 1.84. The van der Waals surface area contributed by atoms with E-state index in [4.69, 9.17) is 4.74 Å². The lowest BCUT2D eigenvalue weighted by molar-refractivity contribution is -0.0835. The molecule has 0 spiro atoms. The lowest BCUT2D eigenvalue weighted by Gasteiger charge is -2.40. The first-order chi connectivity index (χ1) is 15.4. The van der Waals surface area contributed by atoms with Crippen LogP contribution in [0.15, 0.2) is 29.3 Å². The van der Waals surface area contributed by atoms with Crippen LogP contribution in [0, 0.1) is 11.3 Å². The summed E-state index contributed by atoms with van der Waals surface area (Å²) < 4.78 is 6.12. The van der Waals surface area contributed by atoms with Crippen LogP contribution < -0.4 is 10.6 Å². The molecule has 0 aromatic heterocycles. The number of likely N-dealkylation sites (N-methyl/N-ethyl adjacent to an activating group) is 1. The molecule has 33 heavy (non-hydrogen) atoms. The van der Waals surface area contributed by atoms with E-state index in [1.807, 2.05) is 7.05 Å². The van der Waals surface area contributed by atoms with Crippen LogP contribution in [0.3, 0.4) is 0 Å². The van der Waals surface area contributed by atoms with Crippen LogP contribution in [-0.4, -0.2) is 74.8 Å². The summed E-state index contributed by atoms with van der Waals surface area (Å²) in [6, 6.07) is 9.02. The summed E-state index contributed by atoms with van der Waals surface area (Å²) in [5.74, 6) is 1.38. The Bertz CT molecular complexity index is 710. The van der Waals surface area contributed by atoms with Crippen molar-refractivity contribution in [1.29, 1.82) is 0 Å². The Morgan fingerprint density at radius 2 is 1.67 bits per heavy atom. The van der Waals surface area contributed by atoms with Gasteiger partial charge in [0.05, 0.1) is 6.10 Å². The average Bonchev–Trinajstić information content (AvgIpc) is 2.80. The lowest BCUT2D eigenvalue weighted by Crippen LogP contribution is -2.47. The van der Waals surface area contributed by atoms with Crippen molar-refractivity contribution in [3.05, 3.63) is 35.4 Å². The number of aliphatic imine (C=N–C) groups is 1. The highest BCUT2D eigenvalue weighted by Crippen LogP contribution is 2.33. The van der Waals surface area contributed by atoms with Crippen molar-refractivity contribution in [3.63, 3.8) is 0 Å². The first-order valence-corrected chi connectivity index (χ1v) is 12.5. The molecular weight excluding hydrogens is 525 g/mol. The van der Waals surface area contributed by atoms with Gasteiger partial charge in [0, 0.05) is 65.4 Å². The van der Waals surface area contributed by atoms with Gasteiger partial charge in [-0.2, -0.15) is 0 Å². The van der Waals surface area contributed by atoms with Crippen LogP contribution in [0.2, 0.25) is 0 Å². The second-order valence-electron chi connectivity index (χ2n) is 10.4. The number of rotatable bonds is 7. The predicted octanol–water partition coefficient (Wildman–Crippen LogP) is 3.95. The highest BCUT2D eigenvalue weighted by Gasteiger charge is 2.35. The number of guanidine groups is 1. The Labute approximate surface area is 218 Å². The van der Waals surface area contributed by atoms with Gasteiger partial charge < -0.3 is 20.3 Å². The number of halogens is 1. The van der Waals surface area contributed by atoms with Crippen LogP contribution in [0.1, 0.15) is 51.7 Å². The van der Waals surface area contributed by atoms with Crippen LogP contribution in [0.5, 0.6) is 0 Å². The van der Waals surface area contributed by atoms with E-state index in [0.29, 0.717) is 12.0 Å². The zero-order valence-corrected chi connectivity index (χ0v) is 23.7. The van der Waals surface area contributed by atoms with E-state index in [9.17, 15) is 0 Å². The third-order valence-electron chi connectivity index (χ3n) is 6.85. The zero-order valence-electron chi connectivity index (χ0n) is 21.4. The smallest absolute Gasteiger partial charge is 0.191 e. The molecule has 6 nitrogen and oxygen atoms in total. The molecule has 2 atom stereocenters. The Morgan fingerprint density at radius 3 is 2.27 bits per heavy atom. The zero-order chi connectivity index (χ0) is 23.0. The normalized spacial score (nSPS) is 23.1. The fraction of sp³-hybridized carbons (Fsp3) is 0.731. The highest BCUT2D eigenvalue weighted by molar-refractivity contribution is 14.0. The summed E-state index contributed by atoms with van der Waals surface area (Å²) in [6.07, 6.45) is 2.64. The molecule has 0 saturated carbocycles. The minimum absolute atomic E-state index is 0. The van der Waals surface area contributed by atoms with Gasteiger partial charge >= 0.3 is 0 Å². The van der Waals surface area contributed by atoms with Gasteiger partial charge in [-0.25, -0.2) is 0 Å². The van der Waals surface area contributed by atoms with Crippen molar-refractivity contribution >= 4 is 29.9 Å². The van der Waals surface area contributed by atoms with Gasteiger partial charge in [0.1, 0.15) is 0 Å². The first kappa shape index (κ1) is 28.3. The topological polar surface area (TPSA) is 52.1 Å². The molecule has 1 aromatic carbocycles. The molecule has 2 saturated heterocycles. The third kappa shape index (κ3) is 9.00. The van der Waals surface area contributed by atoms with Gasteiger partial charge in [0.15, 0.2) is 5.96 Å². The van der Waals surface area contributed by atoms with Crippen molar-refractivity contribution in [3.8, 4) is 0 Å². The SMILES string of the molecule is CCN1CCN(Cc2ccc(CNC(=NC)NCC3CCCOC3C(C)(C)C)cc2)CC1.I. The highest BCUT2D eigenvalue weighted by atomic mass is 127. The average molecular weight is 572 g/mol. The summed E-state index contributed by atoms with van der Waals surface area (Å²) in [5.41, 5.74) is 2.84. The van der Waals surface area contributed by atoms with Gasteiger partial charge in [0.2, 0.25) is 0 Å². The van der Waals surface area contributed by atoms with Gasteiger partial charge in [-0.05, 0) is 35.9 Å². The van der Waals surface area contributed by atoms with E-state index >= 15 is 0 Å². The van der Waals surface area contributed by atoms with E-state index in [0.717, 1.165) is 38.6 Å². The predicted molar refractivity (Wildman–Crippen MR) is 149 cm³/mol. The number of hydrogen-bond acceptors (Lipinski definition) is 4. The molecule has 2 fully saturated rings. The van der Waals surface area contributed by atoms with E-state index in [-0.39, 0.29) is 29.4 Å². The lowest BCUT2D eigenvalue weighted by atomic mass is 9.78. The molecular formula is C26H46IN5O. The Hall–Kier alpha value is -0.900. The molecule has 2 heterocycles. The molecule has 3 rings (SSSR count). The van der Waals surface area contributed by atoms with Gasteiger partial charge in [0.25, 0.3) is 0 Å². The fourth-order valence-corrected chi connectivity index (χ4v) is 4.93. The van der Waals surface area contributed by atoms with Gasteiger partial charge in [-0.15, -0.1) is 24.0 Å². The first-order valence-electron chi connectivity index (χ1n) is 12.5. The molecule has 2 unspecified atom stereocenters. The summed E-state index contributed by atoms with van der Waals surface area (Å²) in [4.78, 5) is 9.51. The number of ether oxygens (including phenoxy) is 1. The van der Waals surface area contributed by atoms with Gasteiger partial charge in [-0.3, -0.25) is 9.89 Å². The van der Waals surface area contributed by atoms with E-state index < -0.39 is 0 Å².